The molecule has 28 heavy (non-hydrogen) atoms. The topological polar surface area (TPSA) is 44.3 Å². The Balaban J connectivity index is 1.56. The summed E-state index contributed by atoms with van der Waals surface area (Å²) >= 11 is 0. The van der Waals surface area contributed by atoms with Gasteiger partial charge in [0.25, 0.3) is 0 Å². The summed E-state index contributed by atoms with van der Waals surface area (Å²) in [5, 5.41) is 2.22. The molecule has 0 heterocycles. The number of benzene rings is 3. The van der Waals surface area contributed by atoms with Crippen molar-refractivity contribution in [2.24, 2.45) is 0 Å². The first-order valence-electron chi connectivity index (χ1n) is 9.17. The quantitative estimate of drug-likeness (QED) is 0.614. The van der Waals surface area contributed by atoms with Crippen molar-refractivity contribution >= 4 is 0 Å². The van der Waals surface area contributed by atoms with E-state index in [2.05, 4.69) is 17.4 Å². The van der Waals surface area contributed by atoms with E-state index in [9.17, 15) is 4.39 Å². The van der Waals surface area contributed by atoms with Gasteiger partial charge in [-0.05, 0) is 48.5 Å². The third kappa shape index (κ3) is 5.24. The van der Waals surface area contributed by atoms with Crippen LogP contribution in [0.15, 0.2) is 66.7 Å². The molecule has 0 saturated heterocycles. The Morgan fingerprint density at radius 2 is 1.50 bits per heavy atom. The molecule has 3 aromatic carbocycles. The van der Waals surface area contributed by atoms with Crippen LogP contribution < -0.4 is 19.5 Å². The van der Waals surface area contributed by atoms with Crippen LogP contribution in [0.4, 0.5) is 4.39 Å². The fourth-order valence-corrected chi connectivity index (χ4v) is 2.90. The average molecular weight is 382 g/mol. The van der Waals surface area contributed by atoms with Crippen molar-refractivity contribution in [3.63, 3.8) is 0 Å². The third-order valence-corrected chi connectivity index (χ3v) is 4.49. The van der Waals surface area contributed by atoms with E-state index >= 15 is 0 Å². The molecule has 0 radical (unpaired) electrons. The molecular formula is C23H25FNO3+. The number of rotatable bonds is 9. The molecule has 2 N–H and O–H groups in total. The molecular weight excluding hydrogens is 357 g/mol. The predicted molar refractivity (Wildman–Crippen MR) is 106 cm³/mol. The molecule has 0 unspecified atom stereocenters. The lowest BCUT2D eigenvalue weighted by atomic mass is 10.1. The van der Waals surface area contributed by atoms with Crippen LogP contribution in [-0.4, -0.2) is 14.2 Å². The Kier molecular flexibility index (Phi) is 6.87. The summed E-state index contributed by atoms with van der Waals surface area (Å²) in [6, 6.07) is 20.5. The number of hydrogen-bond acceptors (Lipinski definition) is 3. The lowest BCUT2D eigenvalue weighted by molar-refractivity contribution is -0.686. The van der Waals surface area contributed by atoms with Crippen LogP contribution in [0.25, 0.3) is 0 Å². The first kappa shape index (κ1) is 19.7. The minimum Gasteiger partial charge on any atom is -0.497 e. The highest BCUT2D eigenvalue weighted by Gasteiger charge is 2.09. The molecule has 3 aromatic rings. The number of halogens is 1. The molecule has 0 amide bonds. The third-order valence-electron chi connectivity index (χ3n) is 4.49. The van der Waals surface area contributed by atoms with E-state index in [4.69, 9.17) is 14.2 Å². The second kappa shape index (κ2) is 9.76. The van der Waals surface area contributed by atoms with Gasteiger partial charge in [-0.3, -0.25) is 0 Å². The van der Waals surface area contributed by atoms with Gasteiger partial charge in [-0.15, -0.1) is 0 Å². The van der Waals surface area contributed by atoms with E-state index in [1.165, 1.54) is 11.6 Å². The molecule has 5 heteroatoms. The van der Waals surface area contributed by atoms with Gasteiger partial charge < -0.3 is 19.5 Å². The van der Waals surface area contributed by atoms with Crippen molar-refractivity contribution in [2.75, 3.05) is 14.2 Å². The first-order valence-corrected chi connectivity index (χ1v) is 9.17. The number of ether oxygens (including phenoxy) is 3. The standard InChI is InChI=1S/C23H24FNO3/c1-26-20-10-7-17(8-11-20)14-25-15-18-9-12-22(23(13-18)27-2)28-16-19-5-3-4-6-21(19)24/h3-13,25H,14-16H2,1-2H3/p+1. The van der Waals surface area contributed by atoms with Crippen LogP contribution in [0.3, 0.4) is 0 Å². The molecule has 0 aliphatic carbocycles. The van der Waals surface area contributed by atoms with Crippen molar-refractivity contribution in [3.8, 4) is 17.2 Å². The molecule has 4 nitrogen and oxygen atoms in total. The van der Waals surface area contributed by atoms with Crippen LogP contribution in [0, 0.1) is 5.82 Å². The Labute approximate surface area is 164 Å². The number of nitrogens with two attached hydrogens (primary N) is 1. The Morgan fingerprint density at radius 3 is 2.21 bits per heavy atom. The highest BCUT2D eigenvalue weighted by atomic mass is 19.1. The van der Waals surface area contributed by atoms with E-state index in [0.717, 1.165) is 24.4 Å². The molecule has 146 valence electrons. The maximum absolute atomic E-state index is 13.7. The van der Waals surface area contributed by atoms with Crippen molar-refractivity contribution in [1.82, 2.24) is 0 Å². The normalized spacial score (nSPS) is 10.5. The van der Waals surface area contributed by atoms with Gasteiger partial charge in [0.2, 0.25) is 0 Å². The Hall–Kier alpha value is -3.05. The fraction of sp³-hybridized carbons (Fsp3) is 0.217. The van der Waals surface area contributed by atoms with Gasteiger partial charge in [-0.25, -0.2) is 4.39 Å². The zero-order chi connectivity index (χ0) is 19.8. The summed E-state index contributed by atoms with van der Waals surface area (Å²) in [5.41, 5.74) is 2.88. The van der Waals surface area contributed by atoms with Crippen LogP contribution >= 0.6 is 0 Å². The zero-order valence-electron chi connectivity index (χ0n) is 16.2. The van der Waals surface area contributed by atoms with Gasteiger partial charge >= 0.3 is 0 Å². The van der Waals surface area contributed by atoms with Crippen molar-refractivity contribution in [1.29, 1.82) is 0 Å². The van der Waals surface area contributed by atoms with Gasteiger partial charge in [0.15, 0.2) is 11.5 Å². The largest absolute Gasteiger partial charge is 0.497 e. The summed E-state index contributed by atoms with van der Waals surface area (Å²) in [6.45, 7) is 1.85. The van der Waals surface area contributed by atoms with Gasteiger partial charge in [0.1, 0.15) is 31.3 Å². The number of methoxy groups -OCH3 is 2. The summed E-state index contributed by atoms with van der Waals surface area (Å²) in [4.78, 5) is 0. The van der Waals surface area contributed by atoms with Crippen LogP contribution in [0.1, 0.15) is 16.7 Å². The summed E-state index contributed by atoms with van der Waals surface area (Å²) in [6.07, 6.45) is 0. The first-order chi connectivity index (χ1) is 13.7. The predicted octanol–water partition coefficient (Wildman–Crippen LogP) is 3.69. The van der Waals surface area contributed by atoms with Crippen molar-refractivity contribution in [2.45, 2.75) is 19.7 Å². The summed E-state index contributed by atoms with van der Waals surface area (Å²) in [7, 11) is 3.27. The summed E-state index contributed by atoms with van der Waals surface area (Å²) in [5.74, 6) is 1.84. The van der Waals surface area contributed by atoms with Gasteiger partial charge in [0, 0.05) is 16.7 Å². The maximum Gasteiger partial charge on any atom is 0.161 e. The second-order valence-corrected chi connectivity index (χ2v) is 6.41. The number of hydrogen-bond donors (Lipinski definition) is 1. The molecule has 0 aliphatic rings. The minimum absolute atomic E-state index is 0.159. The molecule has 0 fully saturated rings. The monoisotopic (exact) mass is 382 g/mol. The molecule has 0 atom stereocenters. The van der Waals surface area contributed by atoms with Crippen LogP contribution in [0.2, 0.25) is 0 Å². The molecule has 0 spiro atoms. The van der Waals surface area contributed by atoms with E-state index in [1.807, 2.05) is 30.3 Å². The van der Waals surface area contributed by atoms with E-state index in [1.54, 1.807) is 32.4 Å². The molecule has 0 aliphatic heterocycles. The van der Waals surface area contributed by atoms with E-state index < -0.39 is 0 Å². The highest BCUT2D eigenvalue weighted by Crippen LogP contribution is 2.28. The van der Waals surface area contributed by atoms with Gasteiger partial charge in [-0.1, -0.05) is 18.2 Å². The van der Waals surface area contributed by atoms with Gasteiger partial charge in [0.05, 0.1) is 14.2 Å². The second-order valence-electron chi connectivity index (χ2n) is 6.41. The minimum atomic E-state index is -0.272. The Morgan fingerprint density at radius 1 is 0.786 bits per heavy atom. The smallest absolute Gasteiger partial charge is 0.161 e. The summed E-state index contributed by atoms with van der Waals surface area (Å²) < 4.78 is 30.1. The van der Waals surface area contributed by atoms with Crippen molar-refractivity contribution in [3.05, 3.63) is 89.2 Å². The van der Waals surface area contributed by atoms with Crippen molar-refractivity contribution < 1.29 is 23.9 Å². The highest BCUT2D eigenvalue weighted by molar-refractivity contribution is 5.43. The maximum atomic E-state index is 13.7. The molecule has 0 bridgehead atoms. The molecule has 3 rings (SSSR count). The molecule has 0 saturated carbocycles. The average Bonchev–Trinajstić information content (AvgIpc) is 2.74. The van der Waals surface area contributed by atoms with Crippen LogP contribution in [-0.2, 0) is 19.7 Å². The molecule has 0 aromatic heterocycles. The van der Waals surface area contributed by atoms with E-state index in [0.29, 0.717) is 17.1 Å². The lowest BCUT2D eigenvalue weighted by Crippen LogP contribution is -2.80. The zero-order valence-corrected chi connectivity index (χ0v) is 16.2. The SMILES string of the molecule is COc1ccc(C[NH2+]Cc2ccc(OCc3ccccc3F)c(OC)c2)cc1. The lowest BCUT2D eigenvalue weighted by Gasteiger charge is -2.12. The fourth-order valence-electron chi connectivity index (χ4n) is 2.90. The van der Waals surface area contributed by atoms with Gasteiger partial charge in [-0.2, -0.15) is 0 Å². The Bertz CT molecular complexity index is 897. The van der Waals surface area contributed by atoms with E-state index in [-0.39, 0.29) is 12.4 Å². The number of quaternary nitrogens is 1. The van der Waals surface area contributed by atoms with Crippen LogP contribution in [0.5, 0.6) is 17.2 Å².